The van der Waals surface area contributed by atoms with E-state index < -0.39 is 0 Å². The van der Waals surface area contributed by atoms with Crippen LogP contribution in [-0.4, -0.2) is 22.6 Å². The van der Waals surface area contributed by atoms with Gasteiger partial charge in [-0.3, -0.25) is 0 Å². The van der Waals surface area contributed by atoms with E-state index in [0.717, 1.165) is 16.8 Å². The van der Waals surface area contributed by atoms with Crippen molar-refractivity contribution in [3.05, 3.63) is 10.7 Å². The number of nitrogens with two attached hydrogens (primary N) is 1. The van der Waals surface area contributed by atoms with Crippen LogP contribution in [0.2, 0.25) is 0 Å². The Bertz CT molecular complexity index is 338. The quantitative estimate of drug-likeness (QED) is 0.897. The van der Waals surface area contributed by atoms with Gasteiger partial charge in [-0.1, -0.05) is 0 Å². The SMILES string of the molecule is CCN(c1nc(N)ncc1Br)C1CC1. The molecule has 1 aromatic heterocycles. The van der Waals surface area contributed by atoms with Crippen LogP contribution in [0.4, 0.5) is 11.8 Å². The standard InChI is InChI=1S/C9H13BrN4/c1-2-14(6-3-4-6)8-7(10)5-12-9(11)13-8/h5-6H,2-4H2,1H3,(H2,11,12,13). The van der Waals surface area contributed by atoms with Gasteiger partial charge in [-0.25, -0.2) is 4.98 Å². The molecule has 0 amide bonds. The molecule has 0 spiro atoms. The number of nitrogen functional groups attached to an aromatic ring is 1. The van der Waals surface area contributed by atoms with Crippen molar-refractivity contribution in [3.8, 4) is 0 Å². The van der Waals surface area contributed by atoms with E-state index >= 15 is 0 Å². The molecule has 4 nitrogen and oxygen atoms in total. The van der Waals surface area contributed by atoms with Crippen molar-refractivity contribution in [2.45, 2.75) is 25.8 Å². The third kappa shape index (κ3) is 1.82. The van der Waals surface area contributed by atoms with Gasteiger partial charge >= 0.3 is 0 Å². The molecule has 2 rings (SSSR count). The number of halogens is 1. The summed E-state index contributed by atoms with van der Waals surface area (Å²) in [6.45, 7) is 3.09. The van der Waals surface area contributed by atoms with E-state index in [-0.39, 0.29) is 0 Å². The van der Waals surface area contributed by atoms with Crippen LogP contribution in [0, 0.1) is 0 Å². The van der Waals surface area contributed by atoms with Gasteiger partial charge in [0.1, 0.15) is 5.82 Å². The highest BCUT2D eigenvalue weighted by atomic mass is 79.9. The van der Waals surface area contributed by atoms with Gasteiger partial charge in [0.2, 0.25) is 5.95 Å². The summed E-state index contributed by atoms with van der Waals surface area (Å²) in [6.07, 6.45) is 4.22. The molecule has 14 heavy (non-hydrogen) atoms. The molecule has 0 unspecified atom stereocenters. The Hall–Kier alpha value is -0.840. The maximum absolute atomic E-state index is 5.57. The summed E-state index contributed by atoms with van der Waals surface area (Å²) in [6, 6.07) is 0.644. The lowest BCUT2D eigenvalue weighted by molar-refractivity contribution is 0.803. The van der Waals surface area contributed by atoms with E-state index in [9.17, 15) is 0 Å². The molecule has 1 saturated carbocycles. The highest BCUT2D eigenvalue weighted by Crippen LogP contribution is 2.33. The molecular weight excluding hydrogens is 244 g/mol. The van der Waals surface area contributed by atoms with Crippen molar-refractivity contribution in [1.82, 2.24) is 9.97 Å². The van der Waals surface area contributed by atoms with E-state index in [1.54, 1.807) is 6.20 Å². The predicted molar refractivity (Wildman–Crippen MR) is 60.2 cm³/mol. The molecule has 2 N–H and O–H groups in total. The largest absolute Gasteiger partial charge is 0.368 e. The Kier molecular flexibility index (Phi) is 2.58. The lowest BCUT2D eigenvalue weighted by Crippen LogP contribution is -2.26. The van der Waals surface area contributed by atoms with Crippen LogP contribution < -0.4 is 10.6 Å². The summed E-state index contributed by atoms with van der Waals surface area (Å²) in [5.41, 5.74) is 5.57. The number of aromatic nitrogens is 2. The zero-order valence-electron chi connectivity index (χ0n) is 8.07. The van der Waals surface area contributed by atoms with Crippen molar-refractivity contribution in [2.24, 2.45) is 0 Å². The Balaban J connectivity index is 2.32. The van der Waals surface area contributed by atoms with Crippen LogP contribution in [0.15, 0.2) is 10.7 Å². The van der Waals surface area contributed by atoms with E-state index in [4.69, 9.17) is 5.73 Å². The van der Waals surface area contributed by atoms with Gasteiger partial charge in [0.05, 0.1) is 4.47 Å². The fourth-order valence-corrected chi connectivity index (χ4v) is 1.96. The maximum Gasteiger partial charge on any atom is 0.222 e. The minimum atomic E-state index is 0.335. The van der Waals surface area contributed by atoms with E-state index in [1.165, 1.54) is 12.8 Å². The topological polar surface area (TPSA) is 55.0 Å². The van der Waals surface area contributed by atoms with Crippen molar-refractivity contribution >= 4 is 27.7 Å². The summed E-state index contributed by atoms with van der Waals surface area (Å²) in [5, 5.41) is 0. The molecule has 0 aromatic carbocycles. The summed E-state index contributed by atoms with van der Waals surface area (Å²) in [5.74, 6) is 1.25. The second-order valence-electron chi connectivity index (χ2n) is 3.42. The van der Waals surface area contributed by atoms with Gasteiger partial charge in [-0.2, -0.15) is 4.98 Å². The molecule has 1 aliphatic carbocycles. The highest BCUT2D eigenvalue weighted by Gasteiger charge is 2.30. The maximum atomic E-state index is 5.57. The van der Waals surface area contributed by atoms with Crippen LogP contribution in [0.1, 0.15) is 19.8 Å². The number of nitrogens with zero attached hydrogens (tertiary/aromatic N) is 3. The minimum Gasteiger partial charge on any atom is -0.368 e. The molecule has 1 aliphatic rings. The number of hydrogen-bond acceptors (Lipinski definition) is 4. The molecule has 76 valence electrons. The monoisotopic (exact) mass is 256 g/mol. The zero-order chi connectivity index (χ0) is 10.1. The third-order valence-corrected chi connectivity index (χ3v) is 2.90. The average molecular weight is 257 g/mol. The first-order valence-corrected chi connectivity index (χ1v) is 5.56. The molecular formula is C9H13BrN4. The van der Waals surface area contributed by atoms with Crippen LogP contribution >= 0.6 is 15.9 Å². The van der Waals surface area contributed by atoms with Crippen LogP contribution in [0.25, 0.3) is 0 Å². The highest BCUT2D eigenvalue weighted by molar-refractivity contribution is 9.10. The van der Waals surface area contributed by atoms with E-state index in [0.29, 0.717) is 12.0 Å². The number of rotatable bonds is 3. The van der Waals surface area contributed by atoms with Crippen molar-refractivity contribution in [3.63, 3.8) is 0 Å². The molecule has 1 heterocycles. The molecule has 5 heteroatoms. The fraction of sp³-hybridized carbons (Fsp3) is 0.556. The smallest absolute Gasteiger partial charge is 0.222 e. The minimum absolute atomic E-state index is 0.335. The summed E-state index contributed by atoms with van der Waals surface area (Å²) < 4.78 is 0.917. The normalized spacial score (nSPS) is 15.6. The van der Waals surface area contributed by atoms with Crippen LogP contribution in [0.5, 0.6) is 0 Å². The first-order chi connectivity index (χ1) is 6.72. The average Bonchev–Trinajstić information content (AvgIpc) is 2.96. The van der Waals surface area contributed by atoms with Gasteiger partial charge in [0.15, 0.2) is 0 Å². The Morgan fingerprint density at radius 2 is 2.36 bits per heavy atom. The lowest BCUT2D eigenvalue weighted by atomic mass is 10.4. The van der Waals surface area contributed by atoms with Gasteiger partial charge in [0.25, 0.3) is 0 Å². The van der Waals surface area contributed by atoms with Gasteiger partial charge in [-0.05, 0) is 35.7 Å². The second kappa shape index (κ2) is 3.73. The van der Waals surface area contributed by atoms with Crippen LogP contribution in [-0.2, 0) is 0 Å². The molecule has 1 aromatic rings. The number of hydrogen-bond donors (Lipinski definition) is 1. The lowest BCUT2D eigenvalue weighted by Gasteiger charge is -2.22. The van der Waals surface area contributed by atoms with Crippen molar-refractivity contribution in [2.75, 3.05) is 17.2 Å². The van der Waals surface area contributed by atoms with Crippen molar-refractivity contribution in [1.29, 1.82) is 0 Å². The summed E-state index contributed by atoms with van der Waals surface area (Å²) in [4.78, 5) is 10.4. The van der Waals surface area contributed by atoms with Crippen LogP contribution in [0.3, 0.4) is 0 Å². The summed E-state index contributed by atoms with van der Waals surface area (Å²) in [7, 11) is 0. The zero-order valence-corrected chi connectivity index (χ0v) is 9.66. The Morgan fingerprint density at radius 3 is 2.93 bits per heavy atom. The third-order valence-electron chi connectivity index (χ3n) is 2.34. The first-order valence-electron chi connectivity index (χ1n) is 4.77. The summed E-state index contributed by atoms with van der Waals surface area (Å²) >= 11 is 3.45. The molecule has 0 bridgehead atoms. The second-order valence-corrected chi connectivity index (χ2v) is 4.27. The molecule has 1 fully saturated rings. The van der Waals surface area contributed by atoms with Gasteiger partial charge in [0, 0.05) is 18.8 Å². The fourth-order valence-electron chi connectivity index (χ4n) is 1.54. The van der Waals surface area contributed by atoms with E-state index in [1.807, 2.05) is 0 Å². The predicted octanol–water partition coefficient (Wildman–Crippen LogP) is 1.81. The van der Waals surface area contributed by atoms with Gasteiger partial charge in [-0.15, -0.1) is 0 Å². The Morgan fingerprint density at radius 1 is 1.64 bits per heavy atom. The molecule has 0 saturated heterocycles. The molecule has 0 atom stereocenters. The van der Waals surface area contributed by atoms with E-state index in [2.05, 4.69) is 37.7 Å². The van der Waals surface area contributed by atoms with Gasteiger partial charge < -0.3 is 10.6 Å². The first kappa shape index (κ1) is 9.71. The number of anilines is 2. The molecule has 0 radical (unpaired) electrons. The molecule has 0 aliphatic heterocycles. The Labute approximate surface area is 91.7 Å². The van der Waals surface area contributed by atoms with Crippen molar-refractivity contribution < 1.29 is 0 Å².